The molecular formula is C34H32BrN3O5. The number of imidazole rings is 1. The van der Waals surface area contributed by atoms with Crippen LogP contribution in [0.25, 0.3) is 22.4 Å². The molecule has 1 N–H and O–H groups in total. The lowest BCUT2D eigenvalue weighted by atomic mass is 9.85. The van der Waals surface area contributed by atoms with Crippen molar-refractivity contribution in [2.45, 2.75) is 43.3 Å². The van der Waals surface area contributed by atoms with Gasteiger partial charge in [-0.25, -0.2) is 9.78 Å². The number of nitrogens with zero attached hydrogens (tertiary/aromatic N) is 2. The van der Waals surface area contributed by atoms with Gasteiger partial charge in [0.25, 0.3) is 0 Å². The highest BCUT2D eigenvalue weighted by atomic mass is 79.9. The van der Waals surface area contributed by atoms with Crippen LogP contribution in [0.3, 0.4) is 0 Å². The molecule has 4 aromatic rings. The first-order valence-electron chi connectivity index (χ1n) is 14.6. The van der Waals surface area contributed by atoms with E-state index in [1.165, 1.54) is 0 Å². The van der Waals surface area contributed by atoms with Gasteiger partial charge in [-0.05, 0) is 65.3 Å². The third-order valence-electron chi connectivity index (χ3n) is 8.65. The number of aromatic amines is 1. The van der Waals surface area contributed by atoms with E-state index < -0.39 is 0 Å². The van der Waals surface area contributed by atoms with Crippen LogP contribution >= 0.6 is 15.9 Å². The molecule has 1 saturated heterocycles. The number of ether oxygens (including phenoxy) is 3. The number of alkyl halides is 1. The van der Waals surface area contributed by atoms with Crippen molar-refractivity contribution in [2.75, 3.05) is 20.3 Å². The summed E-state index contributed by atoms with van der Waals surface area (Å²) < 4.78 is 17.3. The van der Waals surface area contributed by atoms with Crippen LogP contribution in [-0.2, 0) is 29.1 Å². The number of aryl methyl sites for hydroxylation is 1. The highest BCUT2D eigenvalue weighted by molar-refractivity contribution is 9.10. The van der Waals surface area contributed by atoms with E-state index in [9.17, 15) is 9.59 Å². The molecule has 0 spiro atoms. The molecular weight excluding hydrogens is 610 g/mol. The molecule has 3 aromatic carbocycles. The van der Waals surface area contributed by atoms with Crippen LogP contribution in [0.2, 0.25) is 0 Å². The lowest BCUT2D eigenvalue weighted by Crippen LogP contribution is -2.32. The number of methoxy groups -OCH3 is 1. The molecule has 0 saturated carbocycles. The van der Waals surface area contributed by atoms with E-state index in [0.29, 0.717) is 19.8 Å². The summed E-state index contributed by atoms with van der Waals surface area (Å²) in [4.78, 5) is 35.7. The van der Waals surface area contributed by atoms with Crippen molar-refractivity contribution in [2.24, 2.45) is 5.92 Å². The molecule has 1 unspecified atom stereocenters. The fourth-order valence-corrected chi connectivity index (χ4v) is 6.94. The number of Topliss-reactive ketones (excluding diaryl/α,β-unsaturated/α-hetero) is 1. The molecule has 8 nitrogen and oxygen atoms in total. The molecule has 3 atom stereocenters. The van der Waals surface area contributed by atoms with E-state index in [2.05, 4.69) is 45.2 Å². The summed E-state index contributed by atoms with van der Waals surface area (Å²) in [5, 5.41) is 0. The molecule has 0 bridgehead atoms. The lowest BCUT2D eigenvalue weighted by molar-refractivity contribution is 0.0881. The average Bonchev–Trinajstić information content (AvgIpc) is 3.69. The summed E-state index contributed by atoms with van der Waals surface area (Å²) in [6, 6.07) is 19.8. The van der Waals surface area contributed by atoms with Crippen molar-refractivity contribution >= 4 is 27.8 Å². The highest BCUT2D eigenvalue weighted by Crippen LogP contribution is 2.43. The minimum absolute atomic E-state index is 0.127. The molecule has 220 valence electrons. The number of fused-ring (bicyclic) bond motifs is 4. The van der Waals surface area contributed by atoms with Gasteiger partial charge in [0.1, 0.15) is 24.8 Å². The molecule has 3 heterocycles. The van der Waals surface area contributed by atoms with E-state index in [-0.39, 0.29) is 35.3 Å². The van der Waals surface area contributed by atoms with Crippen molar-refractivity contribution in [1.82, 2.24) is 14.9 Å². The fraction of sp³-hybridized carbons (Fsp3) is 0.324. The number of amides is 1. The Morgan fingerprint density at radius 2 is 1.95 bits per heavy atom. The number of H-pyrrole nitrogens is 1. The van der Waals surface area contributed by atoms with Crippen LogP contribution in [0.4, 0.5) is 4.79 Å². The number of carbonyl (C=O) groups is 2. The Balaban J connectivity index is 1.12. The normalized spacial score (nSPS) is 20.7. The molecule has 1 amide bonds. The zero-order valence-corrected chi connectivity index (χ0v) is 25.4. The number of hydrogen-bond acceptors (Lipinski definition) is 6. The predicted molar refractivity (Wildman–Crippen MR) is 165 cm³/mol. The van der Waals surface area contributed by atoms with Gasteiger partial charge in [-0.2, -0.15) is 0 Å². The second-order valence-corrected chi connectivity index (χ2v) is 12.6. The van der Waals surface area contributed by atoms with Gasteiger partial charge in [0, 0.05) is 30.7 Å². The van der Waals surface area contributed by atoms with Gasteiger partial charge in [0.05, 0.1) is 29.4 Å². The maximum atomic E-state index is 13.2. The zero-order chi connectivity index (χ0) is 29.5. The van der Waals surface area contributed by atoms with Gasteiger partial charge in [0.15, 0.2) is 5.78 Å². The van der Waals surface area contributed by atoms with Gasteiger partial charge in [-0.1, -0.05) is 58.4 Å². The molecule has 1 aliphatic carbocycles. The lowest BCUT2D eigenvalue weighted by Gasteiger charge is -2.26. The maximum Gasteiger partial charge on any atom is 0.410 e. The Labute approximate surface area is 258 Å². The second kappa shape index (κ2) is 11.6. The molecule has 43 heavy (non-hydrogen) atoms. The van der Waals surface area contributed by atoms with Crippen molar-refractivity contribution in [3.05, 3.63) is 94.9 Å². The summed E-state index contributed by atoms with van der Waals surface area (Å²) in [7, 11) is 1.68. The number of ketones is 1. The molecule has 1 fully saturated rings. The number of benzene rings is 3. The average molecular weight is 643 g/mol. The second-order valence-electron chi connectivity index (χ2n) is 11.5. The molecule has 0 radical (unpaired) electrons. The highest BCUT2D eigenvalue weighted by Gasteiger charge is 2.39. The van der Waals surface area contributed by atoms with Crippen molar-refractivity contribution in [3.8, 4) is 28.1 Å². The van der Waals surface area contributed by atoms with Crippen molar-refractivity contribution < 1.29 is 23.8 Å². The number of carbonyl (C=O) groups excluding carboxylic acids is 2. The number of hydrogen-bond donors (Lipinski definition) is 1. The number of halogens is 1. The molecule has 1 aromatic heterocycles. The maximum absolute atomic E-state index is 13.2. The Bertz CT molecular complexity index is 1690. The first-order valence-corrected chi connectivity index (χ1v) is 15.5. The van der Waals surface area contributed by atoms with Gasteiger partial charge >= 0.3 is 6.09 Å². The summed E-state index contributed by atoms with van der Waals surface area (Å²) in [6.07, 6.45) is 3.86. The topological polar surface area (TPSA) is 93.8 Å². The van der Waals surface area contributed by atoms with Crippen LogP contribution < -0.4 is 4.74 Å². The summed E-state index contributed by atoms with van der Waals surface area (Å²) in [5.41, 5.74) is 7.86. The van der Waals surface area contributed by atoms with Gasteiger partial charge < -0.3 is 19.2 Å². The monoisotopic (exact) mass is 641 g/mol. The quantitative estimate of drug-likeness (QED) is 0.231. The minimum atomic E-state index is -0.356. The van der Waals surface area contributed by atoms with E-state index in [4.69, 9.17) is 19.2 Å². The van der Waals surface area contributed by atoms with Crippen LogP contribution in [0.1, 0.15) is 51.8 Å². The first kappa shape index (κ1) is 27.9. The largest absolute Gasteiger partial charge is 0.488 e. The Kier molecular flexibility index (Phi) is 7.53. The van der Waals surface area contributed by atoms with E-state index in [1.54, 1.807) is 12.0 Å². The first-order chi connectivity index (χ1) is 21.0. The minimum Gasteiger partial charge on any atom is -0.488 e. The van der Waals surface area contributed by atoms with Gasteiger partial charge in [-0.15, -0.1) is 0 Å². The summed E-state index contributed by atoms with van der Waals surface area (Å²) >= 11 is 3.50. The smallest absolute Gasteiger partial charge is 0.410 e. The standard InChI is InChI=1S/C34H32BrN3O5/c1-41-17-21-11-30(38(16-21)34(40)43-18-20-5-3-2-4-6-20)33-36-15-29(37-33)23-7-9-25-24(12-23)19-42-31-14-26-22(13-27(25)31)8-10-28(35)32(26)39/h2-7,9,12-15,21,28,30H,8,10-11,16-19H2,1H3,(H,36,37)/t21-,28?,30-/m0/s1. The number of rotatable bonds is 6. The van der Waals surface area contributed by atoms with E-state index >= 15 is 0 Å². The third kappa shape index (κ3) is 5.36. The Morgan fingerprint density at radius 1 is 1.09 bits per heavy atom. The fourth-order valence-electron chi connectivity index (χ4n) is 6.47. The van der Waals surface area contributed by atoms with Crippen LogP contribution in [-0.4, -0.2) is 51.8 Å². The molecule has 9 heteroatoms. The summed E-state index contributed by atoms with van der Waals surface area (Å²) in [6.45, 7) is 1.75. The van der Waals surface area contributed by atoms with Crippen LogP contribution in [0.15, 0.2) is 66.9 Å². The summed E-state index contributed by atoms with van der Waals surface area (Å²) in [5.74, 6) is 1.80. The number of likely N-dealkylation sites (tertiary alicyclic amines) is 1. The SMILES string of the molecule is COC[C@H]1C[C@@H](c2ncc(-c3ccc4c(c3)COc3cc5c(cc3-4)CCC(Br)C5=O)[nH]2)N(C(=O)OCc2ccccc2)C1. The Morgan fingerprint density at radius 3 is 2.79 bits per heavy atom. The molecule has 3 aliphatic rings. The predicted octanol–water partition coefficient (Wildman–Crippen LogP) is 6.87. The van der Waals surface area contributed by atoms with Crippen molar-refractivity contribution in [1.29, 1.82) is 0 Å². The number of nitrogens with one attached hydrogen (secondary N) is 1. The Hall–Kier alpha value is -3.95. The van der Waals surface area contributed by atoms with Crippen LogP contribution in [0, 0.1) is 5.92 Å². The third-order valence-corrected chi connectivity index (χ3v) is 9.53. The van der Waals surface area contributed by atoms with Gasteiger partial charge in [-0.3, -0.25) is 9.69 Å². The number of aromatic nitrogens is 2. The van der Waals surface area contributed by atoms with Gasteiger partial charge in [0.2, 0.25) is 0 Å². The van der Waals surface area contributed by atoms with Crippen LogP contribution in [0.5, 0.6) is 5.75 Å². The molecule has 2 aliphatic heterocycles. The van der Waals surface area contributed by atoms with E-state index in [0.717, 1.165) is 75.5 Å². The van der Waals surface area contributed by atoms with E-state index in [1.807, 2.05) is 42.6 Å². The van der Waals surface area contributed by atoms with Crippen molar-refractivity contribution in [3.63, 3.8) is 0 Å². The molecule has 7 rings (SSSR count). The zero-order valence-electron chi connectivity index (χ0n) is 23.8.